The molecule has 1 aromatic carbocycles. The molecule has 0 aliphatic carbocycles. The molecular weight excluding hydrogens is 286 g/mol. The Morgan fingerprint density at radius 1 is 1.36 bits per heavy atom. The fourth-order valence-electron chi connectivity index (χ4n) is 2.11. The number of hydrogen-bond acceptors (Lipinski definition) is 3. The van der Waals surface area contributed by atoms with Gasteiger partial charge in [0.1, 0.15) is 17.2 Å². The molecule has 3 N–H and O–H groups in total. The fourth-order valence-corrected chi connectivity index (χ4v) is 2.11. The Balaban J connectivity index is 2.71. The monoisotopic (exact) mass is 304 g/mol. The van der Waals surface area contributed by atoms with E-state index in [-0.39, 0.29) is 11.6 Å². The molecule has 116 valence electrons. The zero-order chi connectivity index (χ0) is 16.4. The largest absolute Gasteiger partial charge is 0.394 e. The van der Waals surface area contributed by atoms with Gasteiger partial charge < -0.3 is 11.1 Å². The van der Waals surface area contributed by atoms with Crippen molar-refractivity contribution >= 4 is 17.5 Å². The highest BCUT2D eigenvalue weighted by Gasteiger charge is 2.19. The minimum absolute atomic E-state index is 0.0844. The summed E-state index contributed by atoms with van der Waals surface area (Å²) in [6.07, 6.45) is 4.53. The van der Waals surface area contributed by atoms with Crippen LogP contribution in [-0.2, 0) is 0 Å². The number of nitrogens with zero attached hydrogens (tertiary/aromatic N) is 2. The topological polar surface area (TPSA) is 67.7 Å². The SMILES string of the molecule is CC(=CC=N)c1cn(C(C)C)nc1-c1ccc(F)c(N)c1F. The first kappa shape index (κ1) is 15.9. The highest BCUT2D eigenvalue weighted by molar-refractivity contribution is 5.87. The molecule has 0 spiro atoms. The van der Waals surface area contributed by atoms with Gasteiger partial charge in [0, 0.05) is 29.6 Å². The second kappa shape index (κ2) is 6.09. The fraction of sp³-hybridized carbons (Fsp3) is 0.250. The molecule has 0 atom stereocenters. The van der Waals surface area contributed by atoms with E-state index in [4.69, 9.17) is 11.1 Å². The molecule has 0 aliphatic rings. The lowest BCUT2D eigenvalue weighted by molar-refractivity contribution is 0.533. The summed E-state index contributed by atoms with van der Waals surface area (Å²) >= 11 is 0. The van der Waals surface area contributed by atoms with Gasteiger partial charge in [0.25, 0.3) is 0 Å². The zero-order valence-electron chi connectivity index (χ0n) is 12.7. The van der Waals surface area contributed by atoms with Crippen molar-refractivity contribution in [1.82, 2.24) is 9.78 Å². The summed E-state index contributed by atoms with van der Waals surface area (Å²) in [5, 5.41) is 11.6. The molecule has 0 radical (unpaired) electrons. The quantitative estimate of drug-likeness (QED) is 0.661. The summed E-state index contributed by atoms with van der Waals surface area (Å²) in [7, 11) is 0. The lowest BCUT2D eigenvalue weighted by atomic mass is 10.0. The van der Waals surface area contributed by atoms with Crippen molar-refractivity contribution in [1.29, 1.82) is 5.41 Å². The van der Waals surface area contributed by atoms with Gasteiger partial charge in [0.15, 0.2) is 5.82 Å². The normalized spacial score (nSPS) is 12.0. The first-order valence-corrected chi connectivity index (χ1v) is 6.87. The number of halogens is 2. The van der Waals surface area contributed by atoms with Crippen LogP contribution in [0.25, 0.3) is 16.8 Å². The van der Waals surface area contributed by atoms with Crippen LogP contribution in [0.2, 0.25) is 0 Å². The Morgan fingerprint density at radius 2 is 2.05 bits per heavy atom. The summed E-state index contributed by atoms with van der Waals surface area (Å²) in [4.78, 5) is 0. The van der Waals surface area contributed by atoms with Crippen LogP contribution in [0.15, 0.2) is 24.4 Å². The highest BCUT2D eigenvalue weighted by Crippen LogP contribution is 2.33. The number of allylic oxidation sites excluding steroid dienone is 2. The number of aromatic nitrogens is 2. The van der Waals surface area contributed by atoms with E-state index in [2.05, 4.69) is 5.10 Å². The van der Waals surface area contributed by atoms with Crippen LogP contribution >= 0.6 is 0 Å². The summed E-state index contributed by atoms with van der Waals surface area (Å²) in [6.45, 7) is 5.71. The number of anilines is 1. The molecule has 0 bridgehead atoms. The second-order valence-electron chi connectivity index (χ2n) is 5.30. The minimum atomic E-state index is -0.821. The molecule has 1 aromatic heterocycles. The van der Waals surface area contributed by atoms with Gasteiger partial charge >= 0.3 is 0 Å². The number of benzene rings is 1. The molecular formula is C16H18F2N4. The molecule has 2 aromatic rings. The Labute approximate surface area is 127 Å². The van der Waals surface area contributed by atoms with E-state index in [0.717, 1.165) is 17.9 Å². The maximum absolute atomic E-state index is 14.3. The van der Waals surface area contributed by atoms with Crippen LogP contribution in [0, 0.1) is 17.0 Å². The van der Waals surface area contributed by atoms with Crippen molar-refractivity contribution in [2.75, 3.05) is 5.73 Å². The predicted octanol–water partition coefficient (Wildman–Crippen LogP) is 4.04. The maximum atomic E-state index is 14.3. The number of nitrogens with one attached hydrogen (secondary N) is 1. The first-order valence-electron chi connectivity index (χ1n) is 6.87. The van der Waals surface area contributed by atoms with E-state index >= 15 is 0 Å². The third kappa shape index (κ3) is 2.77. The Hall–Kier alpha value is -2.50. The molecule has 0 saturated heterocycles. The average molecular weight is 304 g/mol. The molecule has 0 amide bonds. The Bertz CT molecular complexity index is 745. The zero-order valence-corrected chi connectivity index (χ0v) is 12.7. The van der Waals surface area contributed by atoms with E-state index in [1.807, 2.05) is 13.8 Å². The van der Waals surface area contributed by atoms with Crippen LogP contribution < -0.4 is 5.73 Å². The number of nitrogens with two attached hydrogens (primary N) is 1. The summed E-state index contributed by atoms with van der Waals surface area (Å²) in [5.41, 5.74) is 6.89. The lowest BCUT2D eigenvalue weighted by Gasteiger charge is -2.07. The van der Waals surface area contributed by atoms with Gasteiger partial charge in [-0.25, -0.2) is 8.78 Å². The van der Waals surface area contributed by atoms with Gasteiger partial charge in [0.05, 0.1) is 0 Å². The van der Waals surface area contributed by atoms with Crippen LogP contribution in [0.5, 0.6) is 0 Å². The molecule has 2 rings (SSSR count). The number of hydrogen-bond donors (Lipinski definition) is 2. The van der Waals surface area contributed by atoms with Crippen molar-refractivity contribution in [2.24, 2.45) is 0 Å². The van der Waals surface area contributed by atoms with Gasteiger partial charge in [-0.2, -0.15) is 5.10 Å². The van der Waals surface area contributed by atoms with Gasteiger partial charge in [-0.05, 0) is 44.6 Å². The van der Waals surface area contributed by atoms with Crippen molar-refractivity contribution in [3.63, 3.8) is 0 Å². The summed E-state index contributed by atoms with van der Waals surface area (Å²) in [6, 6.07) is 2.54. The van der Waals surface area contributed by atoms with Crippen LogP contribution in [0.1, 0.15) is 32.4 Å². The Morgan fingerprint density at radius 3 is 2.64 bits per heavy atom. The molecule has 0 aliphatic heterocycles. The van der Waals surface area contributed by atoms with Gasteiger partial charge in [-0.15, -0.1) is 0 Å². The van der Waals surface area contributed by atoms with E-state index in [0.29, 0.717) is 11.3 Å². The number of nitrogen functional groups attached to an aromatic ring is 1. The van der Waals surface area contributed by atoms with Crippen LogP contribution in [-0.4, -0.2) is 16.0 Å². The third-order valence-electron chi connectivity index (χ3n) is 3.40. The third-order valence-corrected chi connectivity index (χ3v) is 3.40. The van der Waals surface area contributed by atoms with E-state index in [9.17, 15) is 8.78 Å². The molecule has 0 unspecified atom stereocenters. The molecule has 0 saturated carbocycles. The van der Waals surface area contributed by atoms with E-state index in [1.165, 1.54) is 6.07 Å². The lowest BCUT2D eigenvalue weighted by Crippen LogP contribution is -2.02. The number of rotatable bonds is 4. The van der Waals surface area contributed by atoms with Crippen molar-refractivity contribution < 1.29 is 8.78 Å². The molecule has 1 heterocycles. The van der Waals surface area contributed by atoms with E-state index in [1.54, 1.807) is 23.9 Å². The Kier molecular flexibility index (Phi) is 4.40. The van der Waals surface area contributed by atoms with Crippen LogP contribution in [0.3, 0.4) is 0 Å². The second-order valence-corrected chi connectivity index (χ2v) is 5.30. The maximum Gasteiger partial charge on any atom is 0.158 e. The van der Waals surface area contributed by atoms with Crippen molar-refractivity contribution in [2.45, 2.75) is 26.8 Å². The molecule has 4 nitrogen and oxygen atoms in total. The minimum Gasteiger partial charge on any atom is -0.394 e. The average Bonchev–Trinajstić information content (AvgIpc) is 2.90. The standard InChI is InChI=1S/C16H18F2N4/c1-9(2)22-8-12(10(3)6-7-19)16(21-22)11-4-5-13(17)15(20)14(11)18/h4-9,19H,20H2,1-3H3. The van der Waals surface area contributed by atoms with Gasteiger partial charge in [0.2, 0.25) is 0 Å². The molecule has 22 heavy (non-hydrogen) atoms. The highest BCUT2D eigenvalue weighted by atomic mass is 19.1. The van der Waals surface area contributed by atoms with Gasteiger partial charge in [-0.3, -0.25) is 4.68 Å². The van der Waals surface area contributed by atoms with Crippen LogP contribution in [0.4, 0.5) is 14.5 Å². The first-order chi connectivity index (χ1) is 10.4. The van der Waals surface area contributed by atoms with Gasteiger partial charge in [-0.1, -0.05) is 0 Å². The molecule has 6 heteroatoms. The smallest absolute Gasteiger partial charge is 0.158 e. The van der Waals surface area contributed by atoms with E-state index < -0.39 is 17.3 Å². The summed E-state index contributed by atoms with van der Waals surface area (Å²) in [5.74, 6) is -1.62. The molecule has 0 fully saturated rings. The van der Waals surface area contributed by atoms with Crippen molar-refractivity contribution in [3.8, 4) is 11.3 Å². The predicted molar refractivity (Wildman–Crippen MR) is 84.8 cm³/mol. The summed E-state index contributed by atoms with van der Waals surface area (Å²) < 4.78 is 29.4. The van der Waals surface area contributed by atoms with Crippen molar-refractivity contribution in [3.05, 3.63) is 41.6 Å².